The summed E-state index contributed by atoms with van der Waals surface area (Å²) in [5.74, 6) is -0.812. The van der Waals surface area contributed by atoms with Gasteiger partial charge in [-0.2, -0.15) is 4.31 Å². The zero-order valence-corrected chi connectivity index (χ0v) is 18.8. The van der Waals surface area contributed by atoms with Crippen molar-refractivity contribution in [3.8, 4) is 0 Å². The summed E-state index contributed by atoms with van der Waals surface area (Å²) in [6, 6.07) is 12.8. The van der Waals surface area contributed by atoms with Gasteiger partial charge in [0.1, 0.15) is 6.10 Å². The van der Waals surface area contributed by atoms with Gasteiger partial charge >= 0.3 is 5.97 Å². The molecule has 32 heavy (non-hydrogen) atoms. The van der Waals surface area contributed by atoms with Gasteiger partial charge in [-0.25, -0.2) is 21.6 Å². The summed E-state index contributed by atoms with van der Waals surface area (Å²) in [7, 11) is -8.27. The second-order valence-corrected chi connectivity index (χ2v) is 12.0. The molecule has 0 bridgehead atoms. The van der Waals surface area contributed by atoms with Crippen LogP contribution in [0.4, 0.5) is 0 Å². The van der Waals surface area contributed by atoms with Crippen molar-refractivity contribution in [1.82, 2.24) is 4.31 Å². The summed E-state index contributed by atoms with van der Waals surface area (Å²) < 4.78 is 66.5. The van der Waals surface area contributed by atoms with Crippen molar-refractivity contribution >= 4 is 25.8 Å². The number of sulfone groups is 1. The average Bonchev–Trinajstić information content (AvgIpc) is 3.51. The number of sulfonamides is 1. The molecular formula is C22H21NO7S2. The van der Waals surface area contributed by atoms with E-state index in [2.05, 4.69) is 0 Å². The van der Waals surface area contributed by atoms with E-state index in [1.807, 2.05) is 6.92 Å². The van der Waals surface area contributed by atoms with Crippen LogP contribution in [0.3, 0.4) is 0 Å². The molecule has 3 heterocycles. The van der Waals surface area contributed by atoms with E-state index in [1.165, 1.54) is 24.3 Å². The molecule has 0 amide bonds. The molecule has 8 nitrogen and oxygen atoms in total. The fraction of sp³-hybridized carbons (Fsp3) is 0.318. The van der Waals surface area contributed by atoms with Gasteiger partial charge in [-0.15, -0.1) is 0 Å². The van der Waals surface area contributed by atoms with E-state index in [9.17, 15) is 21.6 Å². The van der Waals surface area contributed by atoms with Gasteiger partial charge in [-0.3, -0.25) is 0 Å². The van der Waals surface area contributed by atoms with Crippen LogP contribution in [0, 0.1) is 6.92 Å². The van der Waals surface area contributed by atoms with Gasteiger partial charge in [0.05, 0.1) is 32.9 Å². The Labute approximate surface area is 186 Å². The van der Waals surface area contributed by atoms with Crippen LogP contribution in [0.25, 0.3) is 0 Å². The third kappa shape index (κ3) is 3.57. The lowest BCUT2D eigenvalue weighted by Crippen LogP contribution is -2.52. The fourth-order valence-corrected chi connectivity index (χ4v) is 7.61. The second-order valence-electron chi connectivity index (χ2n) is 8.12. The minimum absolute atomic E-state index is 0.0157. The Hall–Kier alpha value is -2.53. The van der Waals surface area contributed by atoms with E-state index in [4.69, 9.17) is 9.47 Å². The number of carbonyl (C=O) groups is 1. The highest BCUT2D eigenvalue weighted by Gasteiger charge is 2.56. The summed E-state index contributed by atoms with van der Waals surface area (Å²) in [4.78, 5) is 12.1. The molecule has 2 aromatic carbocycles. The molecule has 3 aliphatic heterocycles. The molecule has 2 fully saturated rings. The third-order valence-corrected chi connectivity index (χ3v) is 9.72. The number of rotatable bonds is 4. The number of nitrogens with zero attached hydrogens (tertiary/aromatic N) is 1. The number of carbonyl (C=O) groups excluding carboxylic acids is 1. The van der Waals surface area contributed by atoms with E-state index in [-0.39, 0.29) is 39.9 Å². The van der Waals surface area contributed by atoms with Crippen LogP contribution in [0.2, 0.25) is 0 Å². The molecular weight excluding hydrogens is 454 g/mol. The van der Waals surface area contributed by atoms with E-state index < -0.39 is 38.0 Å². The molecule has 0 aliphatic carbocycles. The Morgan fingerprint density at radius 1 is 0.875 bits per heavy atom. The molecule has 0 unspecified atom stereocenters. The van der Waals surface area contributed by atoms with Crippen LogP contribution in [-0.2, 0) is 34.1 Å². The number of esters is 1. The first kappa shape index (κ1) is 21.3. The first-order valence-electron chi connectivity index (χ1n) is 10.1. The SMILES string of the molecule is Cc1ccc(S(=O)(=O)N2C[C@@H]3O[C@@H]3C[C@H]3OC(=O)C=C(S(=O)(=O)c4ccccc4)[C@@H]32)cc1. The van der Waals surface area contributed by atoms with Crippen molar-refractivity contribution in [3.63, 3.8) is 0 Å². The summed E-state index contributed by atoms with van der Waals surface area (Å²) >= 11 is 0. The number of epoxide rings is 1. The van der Waals surface area contributed by atoms with E-state index in [0.717, 1.165) is 15.9 Å². The van der Waals surface area contributed by atoms with Crippen molar-refractivity contribution in [3.05, 3.63) is 71.1 Å². The number of hydrogen-bond donors (Lipinski definition) is 0. The molecule has 0 aromatic heterocycles. The highest BCUT2D eigenvalue weighted by molar-refractivity contribution is 7.95. The van der Waals surface area contributed by atoms with Gasteiger partial charge in [0, 0.05) is 19.0 Å². The lowest BCUT2D eigenvalue weighted by atomic mass is 10.0. The third-order valence-electron chi connectivity index (χ3n) is 5.99. The topological polar surface area (TPSA) is 110 Å². The predicted octanol–water partition coefficient (Wildman–Crippen LogP) is 1.81. The van der Waals surface area contributed by atoms with E-state index in [0.29, 0.717) is 0 Å². The van der Waals surface area contributed by atoms with E-state index >= 15 is 0 Å². The average molecular weight is 476 g/mol. The smallest absolute Gasteiger partial charge is 0.332 e. The van der Waals surface area contributed by atoms with Crippen molar-refractivity contribution in [1.29, 1.82) is 0 Å². The highest BCUT2D eigenvalue weighted by Crippen LogP contribution is 2.42. The largest absolute Gasteiger partial charge is 0.457 e. The maximum absolute atomic E-state index is 13.7. The van der Waals surface area contributed by atoms with Crippen molar-refractivity contribution in [2.45, 2.75) is 47.5 Å². The number of fused-ring (bicyclic) bond motifs is 2. The molecule has 5 rings (SSSR count). The van der Waals surface area contributed by atoms with E-state index in [1.54, 1.807) is 30.3 Å². The van der Waals surface area contributed by atoms with Gasteiger partial charge in [0.25, 0.3) is 0 Å². The lowest BCUT2D eigenvalue weighted by Gasteiger charge is -2.37. The number of benzene rings is 2. The Bertz CT molecular complexity index is 1300. The Balaban J connectivity index is 1.66. The lowest BCUT2D eigenvalue weighted by molar-refractivity contribution is -0.147. The zero-order valence-electron chi connectivity index (χ0n) is 17.1. The molecule has 168 valence electrons. The second kappa shape index (κ2) is 7.51. The molecule has 3 aliphatic rings. The molecule has 10 heteroatoms. The monoisotopic (exact) mass is 475 g/mol. The zero-order chi connectivity index (χ0) is 22.7. The summed E-state index contributed by atoms with van der Waals surface area (Å²) in [5, 5.41) is 0. The van der Waals surface area contributed by atoms with Crippen LogP contribution in [0.1, 0.15) is 12.0 Å². The fourth-order valence-electron chi connectivity index (χ4n) is 4.27. The standard InChI is InChI=1S/C22H21NO7S2/c1-14-7-9-16(10-8-14)32(27,28)23-13-19-17(29-19)11-18-22(23)20(12-21(24)30-18)31(25,26)15-5-3-2-4-6-15/h2-10,12,17-19,22H,11,13H2,1H3/t17-,18-,19+,22-/m1/s1. The Morgan fingerprint density at radius 3 is 2.25 bits per heavy atom. The van der Waals surface area contributed by atoms with Crippen LogP contribution >= 0.6 is 0 Å². The quantitative estimate of drug-likeness (QED) is 0.490. The predicted molar refractivity (Wildman–Crippen MR) is 114 cm³/mol. The number of aryl methyl sites for hydroxylation is 1. The van der Waals surface area contributed by atoms with Crippen LogP contribution < -0.4 is 0 Å². The maximum Gasteiger partial charge on any atom is 0.332 e. The molecule has 0 spiro atoms. The molecule has 0 N–H and O–H groups in total. The first-order valence-corrected chi connectivity index (χ1v) is 13.1. The highest BCUT2D eigenvalue weighted by atomic mass is 32.2. The van der Waals surface area contributed by atoms with Crippen LogP contribution in [0.15, 0.2) is 75.4 Å². The van der Waals surface area contributed by atoms with Gasteiger partial charge in [0.15, 0.2) is 0 Å². The van der Waals surface area contributed by atoms with Gasteiger partial charge in [-0.05, 0) is 31.2 Å². The maximum atomic E-state index is 13.7. The van der Waals surface area contributed by atoms with Crippen LogP contribution in [0.5, 0.6) is 0 Å². The summed E-state index contributed by atoms with van der Waals surface area (Å²) in [5.41, 5.74) is 0.891. The Morgan fingerprint density at radius 2 is 1.56 bits per heavy atom. The molecule has 0 saturated carbocycles. The molecule has 2 saturated heterocycles. The molecule has 0 radical (unpaired) electrons. The van der Waals surface area contributed by atoms with Gasteiger partial charge < -0.3 is 9.47 Å². The summed E-state index contributed by atoms with van der Waals surface area (Å²) in [6.45, 7) is 1.82. The minimum atomic E-state index is -4.15. The molecule has 4 atom stereocenters. The number of hydrogen-bond acceptors (Lipinski definition) is 7. The van der Waals surface area contributed by atoms with Gasteiger partial charge in [-0.1, -0.05) is 35.9 Å². The normalized spacial score (nSPS) is 28.0. The summed E-state index contributed by atoms with van der Waals surface area (Å²) in [6.07, 6.45) is -0.507. The van der Waals surface area contributed by atoms with Crippen molar-refractivity contribution in [2.75, 3.05) is 6.54 Å². The minimum Gasteiger partial charge on any atom is -0.457 e. The van der Waals surface area contributed by atoms with Crippen molar-refractivity contribution in [2.24, 2.45) is 0 Å². The number of ether oxygens (including phenoxy) is 2. The first-order chi connectivity index (χ1) is 15.2. The van der Waals surface area contributed by atoms with Crippen molar-refractivity contribution < 1.29 is 31.1 Å². The molecule has 2 aromatic rings. The Kier molecular flexibility index (Phi) is 5.01. The van der Waals surface area contributed by atoms with Crippen LogP contribution in [-0.4, -0.2) is 58.0 Å². The van der Waals surface area contributed by atoms with Gasteiger partial charge in [0.2, 0.25) is 19.9 Å².